The molecule has 0 aromatic carbocycles. The minimum Gasteiger partial charge on any atom is -0.478 e. The van der Waals surface area contributed by atoms with E-state index in [0.717, 1.165) is 0 Å². The lowest BCUT2D eigenvalue weighted by molar-refractivity contribution is 0.0696. The summed E-state index contributed by atoms with van der Waals surface area (Å²) in [4.78, 5) is 14.6. The van der Waals surface area contributed by atoms with Crippen LogP contribution in [0.3, 0.4) is 0 Å². The van der Waals surface area contributed by atoms with E-state index in [4.69, 9.17) is 5.11 Å². The van der Waals surface area contributed by atoms with Crippen LogP contribution >= 0.6 is 0 Å². The van der Waals surface area contributed by atoms with E-state index in [1.807, 2.05) is 0 Å². The summed E-state index contributed by atoms with van der Waals surface area (Å²) in [5, 5.41) is 8.72. The summed E-state index contributed by atoms with van der Waals surface area (Å²) in [7, 11) is 0. The second kappa shape index (κ2) is 3.17. The molecular weight excluding hydrogens is 154 g/mol. The van der Waals surface area contributed by atoms with E-state index in [1.54, 1.807) is 13.0 Å². The van der Waals surface area contributed by atoms with Crippen molar-refractivity contribution in [1.82, 2.24) is 4.98 Å². The molecule has 0 fully saturated rings. The largest absolute Gasteiger partial charge is 0.478 e. The van der Waals surface area contributed by atoms with Crippen molar-refractivity contribution in [3.8, 4) is 0 Å². The molecule has 3 heteroatoms. The van der Waals surface area contributed by atoms with Gasteiger partial charge in [0, 0.05) is 6.20 Å². The fourth-order valence-electron chi connectivity index (χ4n) is 0.989. The van der Waals surface area contributed by atoms with Crippen LogP contribution in [-0.2, 0) is 0 Å². The van der Waals surface area contributed by atoms with E-state index >= 15 is 0 Å². The number of carboxylic acid groups (broad SMARTS) is 1. The molecule has 12 heavy (non-hydrogen) atoms. The molecule has 1 N–H and O–H groups in total. The highest BCUT2D eigenvalue weighted by molar-refractivity contribution is 5.90. The minimum atomic E-state index is -0.932. The Morgan fingerprint density at radius 2 is 2.42 bits per heavy atom. The Labute approximate surface area is 70.4 Å². The molecule has 0 aliphatic carbocycles. The zero-order valence-electron chi connectivity index (χ0n) is 6.74. The third kappa shape index (κ3) is 1.34. The number of aromatic nitrogens is 1. The zero-order valence-corrected chi connectivity index (χ0v) is 6.74. The summed E-state index contributed by atoms with van der Waals surface area (Å²) in [6.07, 6.45) is 3.01. The maximum absolute atomic E-state index is 10.6. The summed E-state index contributed by atoms with van der Waals surface area (Å²) < 4.78 is 0. The topological polar surface area (TPSA) is 50.2 Å². The standard InChI is InChI=1S/C9H9NO2/c1-3-8-6(2)7(9(11)12)4-5-10-8/h3-5H,1H2,2H3,(H,11,12). The van der Waals surface area contributed by atoms with Crippen LogP contribution in [0, 0.1) is 6.92 Å². The molecule has 1 heterocycles. The highest BCUT2D eigenvalue weighted by Crippen LogP contribution is 2.11. The molecule has 1 aromatic rings. The van der Waals surface area contributed by atoms with E-state index in [1.165, 1.54) is 12.3 Å². The van der Waals surface area contributed by atoms with Gasteiger partial charge in [0.2, 0.25) is 0 Å². The Kier molecular flexibility index (Phi) is 2.24. The van der Waals surface area contributed by atoms with Crippen LogP contribution in [0.15, 0.2) is 18.8 Å². The van der Waals surface area contributed by atoms with Crippen molar-refractivity contribution in [2.45, 2.75) is 6.92 Å². The van der Waals surface area contributed by atoms with Crippen molar-refractivity contribution in [2.24, 2.45) is 0 Å². The van der Waals surface area contributed by atoms with Crippen molar-refractivity contribution >= 4 is 12.0 Å². The van der Waals surface area contributed by atoms with Gasteiger partial charge < -0.3 is 5.11 Å². The van der Waals surface area contributed by atoms with Crippen molar-refractivity contribution in [2.75, 3.05) is 0 Å². The maximum atomic E-state index is 10.6. The summed E-state index contributed by atoms with van der Waals surface area (Å²) in [5.74, 6) is -0.932. The van der Waals surface area contributed by atoms with Crippen LogP contribution in [0.25, 0.3) is 6.08 Å². The zero-order chi connectivity index (χ0) is 9.14. The molecule has 1 aromatic heterocycles. The first-order valence-corrected chi connectivity index (χ1v) is 3.48. The first kappa shape index (κ1) is 8.46. The summed E-state index contributed by atoms with van der Waals surface area (Å²) in [6, 6.07) is 1.48. The van der Waals surface area contributed by atoms with Gasteiger partial charge in [0.1, 0.15) is 0 Å². The lowest BCUT2D eigenvalue weighted by Crippen LogP contribution is -2.01. The Balaban J connectivity index is 3.32. The third-order valence-corrected chi connectivity index (χ3v) is 1.67. The quantitative estimate of drug-likeness (QED) is 0.722. The van der Waals surface area contributed by atoms with Gasteiger partial charge in [-0.3, -0.25) is 4.98 Å². The Hall–Kier alpha value is -1.64. The fourth-order valence-corrected chi connectivity index (χ4v) is 0.989. The molecule has 0 saturated carbocycles. The van der Waals surface area contributed by atoms with Gasteiger partial charge in [0.05, 0.1) is 11.3 Å². The number of hydrogen-bond acceptors (Lipinski definition) is 2. The van der Waals surface area contributed by atoms with E-state index in [2.05, 4.69) is 11.6 Å². The van der Waals surface area contributed by atoms with Crippen molar-refractivity contribution < 1.29 is 9.90 Å². The Bertz CT molecular complexity index is 331. The molecule has 0 aliphatic rings. The SMILES string of the molecule is C=Cc1nccc(C(=O)O)c1C. The van der Waals surface area contributed by atoms with Gasteiger partial charge in [0.15, 0.2) is 0 Å². The number of nitrogens with zero attached hydrogens (tertiary/aromatic N) is 1. The number of pyridine rings is 1. The van der Waals surface area contributed by atoms with Gasteiger partial charge in [-0.15, -0.1) is 0 Å². The van der Waals surface area contributed by atoms with Crippen LogP contribution in [0.4, 0.5) is 0 Å². The molecule has 62 valence electrons. The summed E-state index contributed by atoms with van der Waals surface area (Å²) >= 11 is 0. The molecule has 0 bridgehead atoms. The molecule has 0 saturated heterocycles. The maximum Gasteiger partial charge on any atom is 0.336 e. The first-order valence-electron chi connectivity index (χ1n) is 3.48. The predicted octanol–water partition coefficient (Wildman–Crippen LogP) is 1.73. The van der Waals surface area contributed by atoms with Crippen LogP contribution < -0.4 is 0 Å². The number of rotatable bonds is 2. The van der Waals surface area contributed by atoms with Gasteiger partial charge in [-0.25, -0.2) is 4.79 Å². The van der Waals surface area contributed by atoms with E-state index < -0.39 is 5.97 Å². The van der Waals surface area contributed by atoms with Gasteiger partial charge in [-0.1, -0.05) is 6.58 Å². The Morgan fingerprint density at radius 1 is 1.75 bits per heavy atom. The number of hydrogen-bond donors (Lipinski definition) is 1. The predicted molar refractivity (Wildman–Crippen MR) is 46.0 cm³/mol. The fraction of sp³-hybridized carbons (Fsp3) is 0.111. The third-order valence-electron chi connectivity index (χ3n) is 1.67. The Morgan fingerprint density at radius 3 is 2.92 bits per heavy atom. The minimum absolute atomic E-state index is 0.278. The number of aromatic carboxylic acids is 1. The molecule has 0 radical (unpaired) electrons. The van der Waals surface area contributed by atoms with Crippen molar-refractivity contribution in [1.29, 1.82) is 0 Å². The first-order chi connectivity index (χ1) is 5.66. The van der Waals surface area contributed by atoms with Crippen LogP contribution in [-0.4, -0.2) is 16.1 Å². The molecule has 0 spiro atoms. The second-order valence-corrected chi connectivity index (χ2v) is 2.38. The number of carbonyl (C=O) groups is 1. The second-order valence-electron chi connectivity index (χ2n) is 2.38. The van der Waals surface area contributed by atoms with Gasteiger partial charge in [-0.2, -0.15) is 0 Å². The highest BCUT2D eigenvalue weighted by atomic mass is 16.4. The monoisotopic (exact) mass is 163 g/mol. The van der Waals surface area contributed by atoms with Gasteiger partial charge in [0.25, 0.3) is 0 Å². The normalized spacial score (nSPS) is 9.42. The molecule has 3 nitrogen and oxygen atoms in total. The van der Waals surface area contributed by atoms with E-state index in [-0.39, 0.29) is 5.56 Å². The van der Waals surface area contributed by atoms with Crippen LogP contribution in [0.5, 0.6) is 0 Å². The average Bonchev–Trinajstić information content (AvgIpc) is 2.04. The molecular formula is C9H9NO2. The van der Waals surface area contributed by atoms with Crippen LogP contribution in [0.2, 0.25) is 0 Å². The van der Waals surface area contributed by atoms with Gasteiger partial charge >= 0.3 is 5.97 Å². The average molecular weight is 163 g/mol. The molecule has 0 atom stereocenters. The lowest BCUT2D eigenvalue weighted by Gasteiger charge is -2.02. The van der Waals surface area contributed by atoms with Crippen molar-refractivity contribution in [3.63, 3.8) is 0 Å². The van der Waals surface area contributed by atoms with Crippen molar-refractivity contribution in [3.05, 3.63) is 35.7 Å². The lowest BCUT2D eigenvalue weighted by atomic mass is 10.1. The summed E-state index contributed by atoms with van der Waals surface area (Å²) in [5.41, 5.74) is 1.55. The van der Waals surface area contributed by atoms with Gasteiger partial charge in [-0.05, 0) is 24.6 Å². The molecule has 1 rings (SSSR count). The number of carboxylic acids is 1. The highest BCUT2D eigenvalue weighted by Gasteiger charge is 2.08. The van der Waals surface area contributed by atoms with E-state index in [0.29, 0.717) is 11.3 Å². The van der Waals surface area contributed by atoms with Crippen LogP contribution in [0.1, 0.15) is 21.6 Å². The molecule has 0 aliphatic heterocycles. The van der Waals surface area contributed by atoms with E-state index in [9.17, 15) is 4.79 Å². The molecule has 0 amide bonds. The summed E-state index contributed by atoms with van der Waals surface area (Å²) in [6.45, 7) is 5.25. The molecule has 0 unspecified atom stereocenters. The smallest absolute Gasteiger partial charge is 0.336 e.